The van der Waals surface area contributed by atoms with Crippen molar-refractivity contribution >= 4 is 5.96 Å². The van der Waals surface area contributed by atoms with E-state index in [9.17, 15) is 0 Å². The van der Waals surface area contributed by atoms with Crippen LogP contribution < -0.4 is 20.5 Å². The predicted molar refractivity (Wildman–Crippen MR) is 109 cm³/mol. The fraction of sp³-hybridized carbons (Fsp3) is 0.381. The van der Waals surface area contributed by atoms with E-state index < -0.39 is 0 Å². The van der Waals surface area contributed by atoms with E-state index in [0.717, 1.165) is 29.0 Å². The zero-order valence-electron chi connectivity index (χ0n) is 16.3. The lowest BCUT2D eigenvalue weighted by atomic mass is 10.1. The van der Waals surface area contributed by atoms with E-state index in [0.29, 0.717) is 32.3 Å². The molecule has 0 saturated heterocycles. The molecule has 0 unspecified atom stereocenters. The summed E-state index contributed by atoms with van der Waals surface area (Å²) < 4.78 is 16.0. The highest BCUT2D eigenvalue weighted by atomic mass is 16.5. The van der Waals surface area contributed by atoms with Crippen molar-refractivity contribution in [3.05, 3.63) is 59.2 Å². The highest BCUT2D eigenvalue weighted by Gasteiger charge is 2.04. The van der Waals surface area contributed by atoms with E-state index in [1.54, 1.807) is 14.2 Å². The van der Waals surface area contributed by atoms with Crippen molar-refractivity contribution in [2.45, 2.75) is 19.9 Å². The Hall–Kier alpha value is -2.73. The standard InChI is InChI=1S/C21H29N3O3/c1-16-4-7-18(20(14-16)27-13-12-25-2)15-24-21(22)23-11-10-17-5-8-19(26-3)9-6-17/h4-9,14H,10-13,15H2,1-3H3,(H3,22,23,24). The lowest BCUT2D eigenvalue weighted by Crippen LogP contribution is -2.33. The minimum Gasteiger partial charge on any atom is -0.497 e. The van der Waals surface area contributed by atoms with Crippen molar-refractivity contribution in [2.24, 2.45) is 10.7 Å². The van der Waals surface area contributed by atoms with Gasteiger partial charge >= 0.3 is 0 Å². The number of ether oxygens (including phenoxy) is 3. The molecular formula is C21H29N3O3. The van der Waals surface area contributed by atoms with Crippen molar-refractivity contribution in [1.29, 1.82) is 0 Å². The second-order valence-electron chi connectivity index (χ2n) is 6.18. The van der Waals surface area contributed by atoms with E-state index in [4.69, 9.17) is 19.9 Å². The van der Waals surface area contributed by atoms with Gasteiger partial charge in [-0.2, -0.15) is 0 Å². The van der Waals surface area contributed by atoms with Crippen LogP contribution in [0, 0.1) is 6.92 Å². The predicted octanol–water partition coefficient (Wildman–Crippen LogP) is 2.68. The van der Waals surface area contributed by atoms with E-state index in [-0.39, 0.29) is 0 Å². The van der Waals surface area contributed by atoms with Crippen molar-refractivity contribution < 1.29 is 14.2 Å². The van der Waals surface area contributed by atoms with Crippen molar-refractivity contribution in [2.75, 3.05) is 34.0 Å². The van der Waals surface area contributed by atoms with E-state index in [1.165, 1.54) is 5.56 Å². The molecule has 2 aromatic rings. The van der Waals surface area contributed by atoms with Crippen LogP contribution >= 0.6 is 0 Å². The lowest BCUT2D eigenvalue weighted by molar-refractivity contribution is 0.146. The first-order valence-corrected chi connectivity index (χ1v) is 9.00. The molecule has 2 aromatic carbocycles. The topological polar surface area (TPSA) is 78.1 Å². The maximum atomic E-state index is 5.99. The largest absolute Gasteiger partial charge is 0.497 e. The Labute approximate surface area is 161 Å². The first kappa shape index (κ1) is 20.6. The Kier molecular flexibility index (Phi) is 8.45. The zero-order chi connectivity index (χ0) is 19.5. The van der Waals surface area contributed by atoms with Crippen molar-refractivity contribution in [3.8, 4) is 11.5 Å². The molecule has 6 heteroatoms. The molecule has 0 amide bonds. The van der Waals surface area contributed by atoms with E-state index in [2.05, 4.69) is 10.3 Å². The summed E-state index contributed by atoms with van der Waals surface area (Å²) in [6.07, 6.45) is 0.857. The molecule has 0 aliphatic carbocycles. The van der Waals surface area contributed by atoms with Crippen molar-refractivity contribution in [1.82, 2.24) is 5.32 Å². The van der Waals surface area contributed by atoms with Gasteiger partial charge in [0.25, 0.3) is 0 Å². The minimum absolute atomic E-state index is 0.423. The second-order valence-corrected chi connectivity index (χ2v) is 6.18. The SMILES string of the molecule is COCCOc1cc(C)ccc1CN=C(N)NCCc1ccc(OC)cc1. The average molecular weight is 371 g/mol. The van der Waals surface area contributed by atoms with Gasteiger partial charge in [-0.15, -0.1) is 0 Å². The molecule has 2 rings (SSSR count). The first-order chi connectivity index (χ1) is 13.1. The molecule has 27 heavy (non-hydrogen) atoms. The van der Waals surface area contributed by atoms with E-state index >= 15 is 0 Å². The van der Waals surface area contributed by atoms with E-state index in [1.807, 2.05) is 49.4 Å². The third-order valence-corrected chi connectivity index (χ3v) is 4.07. The Morgan fingerprint density at radius 1 is 1.07 bits per heavy atom. The third kappa shape index (κ3) is 7.19. The van der Waals surface area contributed by atoms with Gasteiger partial charge in [-0.25, -0.2) is 4.99 Å². The number of nitrogens with one attached hydrogen (secondary N) is 1. The molecule has 3 N–H and O–H groups in total. The summed E-state index contributed by atoms with van der Waals surface area (Å²) in [4.78, 5) is 4.42. The van der Waals surface area contributed by atoms with Crippen LogP contribution in [0.15, 0.2) is 47.5 Å². The minimum atomic E-state index is 0.423. The molecule has 0 radical (unpaired) electrons. The van der Waals surface area contributed by atoms with Crippen LogP contribution in [-0.2, 0) is 17.7 Å². The van der Waals surface area contributed by atoms with Gasteiger partial charge in [0.1, 0.15) is 18.1 Å². The van der Waals surface area contributed by atoms with Gasteiger partial charge in [0.15, 0.2) is 5.96 Å². The van der Waals surface area contributed by atoms with Gasteiger partial charge in [0.05, 0.1) is 20.3 Å². The molecular weight excluding hydrogens is 342 g/mol. The average Bonchev–Trinajstić information content (AvgIpc) is 2.68. The number of nitrogens with zero attached hydrogens (tertiary/aromatic N) is 1. The molecule has 6 nitrogen and oxygen atoms in total. The zero-order valence-corrected chi connectivity index (χ0v) is 16.3. The summed E-state index contributed by atoms with van der Waals surface area (Å²) in [5.41, 5.74) is 9.34. The Balaban J connectivity index is 1.85. The molecule has 146 valence electrons. The quantitative estimate of drug-likeness (QED) is 0.381. The Bertz CT molecular complexity index is 730. The molecule has 0 bridgehead atoms. The summed E-state index contributed by atoms with van der Waals surface area (Å²) >= 11 is 0. The van der Waals surface area contributed by atoms with Gasteiger partial charge in [-0.1, -0.05) is 24.3 Å². The number of methoxy groups -OCH3 is 2. The molecule has 0 aromatic heterocycles. The van der Waals surface area contributed by atoms with Gasteiger partial charge < -0.3 is 25.3 Å². The number of aryl methyl sites for hydroxylation is 1. The molecule has 0 aliphatic rings. The first-order valence-electron chi connectivity index (χ1n) is 9.00. The number of hydrogen-bond donors (Lipinski definition) is 2. The van der Waals surface area contributed by atoms with Gasteiger partial charge in [0.2, 0.25) is 0 Å². The summed E-state index contributed by atoms with van der Waals surface area (Å²) in [6, 6.07) is 14.1. The molecule has 0 atom stereocenters. The monoisotopic (exact) mass is 371 g/mol. The normalized spacial score (nSPS) is 11.3. The molecule has 0 spiro atoms. The summed E-state index contributed by atoms with van der Waals surface area (Å²) in [5, 5.41) is 3.15. The van der Waals surface area contributed by atoms with Crippen LogP contribution in [0.25, 0.3) is 0 Å². The highest BCUT2D eigenvalue weighted by molar-refractivity contribution is 5.77. The van der Waals surface area contributed by atoms with Crippen LogP contribution in [0.1, 0.15) is 16.7 Å². The summed E-state index contributed by atoms with van der Waals surface area (Å²) in [6.45, 7) is 4.26. The second kappa shape index (κ2) is 11.1. The number of guanidine groups is 1. The van der Waals surface area contributed by atoms with Crippen molar-refractivity contribution in [3.63, 3.8) is 0 Å². The number of nitrogens with two attached hydrogens (primary N) is 1. The van der Waals surface area contributed by atoms with Crippen LogP contribution in [0.2, 0.25) is 0 Å². The molecule has 0 aliphatic heterocycles. The number of aliphatic imine (C=N–C) groups is 1. The summed E-state index contributed by atoms with van der Waals surface area (Å²) in [5.74, 6) is 2.10. The molecule has 0 heterocycles. The highest BCUT2D eigenvalue weighted by Crippen LogP contribution is 2.21. The number of hydrogen-bond acceptors (Lipinski definition) is 4. The number of benzene rings is 2. The molecule has 0 saturated carbocycles. The van der Waals surface area contributed by atoms with Gasteiger partial charge in [-0.3, -0.25) is 0 Å². The van der Waals surface area contributed by atoms with Crippen LogP contribution in [-0.4, -0.2) is 39.9 Å². The maximum absolute atomic E-state index is 5.99. The smallest absolute Gasteiger partial charge is 0.188 e. The molecule has 0 fully saturated rings. The van der Waals surface area contributed by atoms with Crippen LogP contribution in [0.5, 0.6) is 11.5 Å². The lowest BCUT2D eigenvalue weighted by Gasteiger charge is -2.11. The van der Waals surface area contributed by atoms with Crippen LogP contribution in [0.4, 0.5) is 0 Å². The van der Waals surface area contributed by atoms with Crippen LogP contribution in [0.3, 0.4) is 0 Å². The fourth-order valence-corrected chi connectivity index (χ4v) is 2.52. The number of rotatable bonds is 10. The third-order valence-electron chi connectivity index (χ3n) is 4.07. The van der Waals surface area contributed by atoms with Gasteiger partial charge in [-0.05, 0) is 42.7 Å². The van der Waals surface area contributed by atoms with Gasteiger partial charge in [0, 0.05) is 19.2 Å². The summed E-state index contributed by atoms with van der Waals surface area (Å²) in [7, 11) is 3.32. The maximum Gasteiger partial charge on any atom is 0.188 e. The fourth-order valence-electron chi connectivity index (χ4n) is 2.52. The Morgan fingerprint density at radius 2 is 1.85 bits per heavy atom. The Morgan fingerprint density at radius 3 is 2.56 bits per heavy atom.